The first-order valence-electron chi connectivity index (χ1n) is 3.78. The van der Waals surface area contributed by atoms with E-state index in [1.807, 2.05) is 0 Å². The first-order chi connectivity index (χ1) is 6.06. The molecule has 1 rings (SSSR count). The van der Waals surface area contributed by atoms with Gasteiger partial charge in [-0.25, -0.2) is 8.99 Å². The molecule has 3 nitrogen and oxygen atoms in total. The van der Waals surface area contributed by atoms with Gasteiger partial charge in [-0.05, 0) is 24.3 Å². The first kappa shape index (κ1) is 10.7. The first-order valence-corrected chi connectivity index (χ1v) is 6.30. The summed E-state index contributed by atoms with van der Waals surface area (Å²) in [6.45, 7) is 0.276. The monoisotopic (exact) mass is 262 g/mol. The summed E-state index contributed by atoms with van der Waals surface area (Å²) in [4.78, 5) is 0.543. The van der Waals surface area contributed by atoms with Crippen LogP contribution in [0.2, 0.25) is 0 Å². The molecular weight excluding hydrogens is 252 g/mol. The van der Waals surface area contributed by atoms with E-state index in [-0.39, 0.29) is 12.3 Å². The van der Waals surface area contributed by atoms with Crippen LogP contribution < -0.4 is 5.73 Å². The number of hydrogen-bond donors (Lipinski definition) is 2. The standard InChI is InChI=1S/C8H11BrN2OS/c9-7-1-3-8(4-2-7)13(11,12)6-5-10/h1-4,11H,5-6,10H2. The third kappa shape index (κ3) is 2.79. The molecule has 0 fully saturated rings. The average molecular weight is 263 g/mol. The molecule has 13 heavy (non-hydrogen) atoms. The number of rotatable bonds is 3. The minimum atomic E-state index is -2.67. The number of nitrogens with two attached hydrogens (primary N) is 1. The van der Waals surface area contributed by atoms with Gasteiger partial charge in [0.25, 0.3) is 0 Å². The summed E-state index contributed by atoms with van der Waals surface area (Å²) in [6, 6.07) is 6.93. The van der Waals surface area contributed by atoms with E-state index in [0.29, 0.717) is 4.90 Å². The molecule has 1 atom stereocenters. The van der Waals surface area contributed by atoms with Crippen molar-refractivity contribution in [3.8, 4) is 0 Å². The van der Waals surface area contributed by atoms with E-state index in [1.165, 1.54) is 0 Å². The lowest BCUT2D eigenvalue weighted by Crippen LogP contribution is -2.14. The van der Waals surface area contributed by atoms with Crippen LogP contribution in [0.1, 0.15) is 0 Å². The van der Waals surface area contributed by atoms with Crippen molar-refractivity contribution in [2.75, 3.05) is 12.3 Å². The van der Waals surface area contributed by atoms with Crippen molar-refractivity contribution >= 4 is 25.7 Å². The summed E-state index contributed by atoms with van der Waals surface area (Å²) in [6.07, 6.45) is 0. The van der Waals surface area contributed by atoms with Gasteiger partial charge < -0.3 is 5.73 Å². The number of hydrogen-bond acceptors (Lipinski definition) is 3. The molecule has 3 N–H and O–H groups in total. The maximum Gasteiger partial charge on any atom is 0.0738 e. The highest BCUT2D eigenvalue weighted by atomic mass is 79.9. The summed E-state index contributed by atoms with van der Waals surface area (Å²) < 4.78 is 20.2. The summed E-state index contributed by atoms with van der Waals surface area (Å²) in [5.41, 5.74) is 5.27. The zero-order chi connectivity index (χ0) is 9.90. The average Bonchev–Trinajstić information content (AvgIpc) is 2.05. The normalized spacial score (nSPS) is 15.2. The van der Waals surface area contributed by atoms with Crippen LogP contribution in [-0.2, 0) is 9.73 Å². The molecule has 0 heterocycles. The minimum Gasteiger partial charge on any atom is -0.330 e. The SMILES string of the molecule is N=S(=O)(CCN)c1ccc(Br)cc1. The molecular formula is C8H11BrN2OS. The second-order valence-corrected chi connectivity index (χ2v) is 5.77. The van der Waals surface area contributed by atoms with Crippen LogP contribution >= 0.6 is 15.9 Å². The van der Waals surface area contributed by atoms with Crippen molar-refractivity contribution in [3.63, 3.8) is 0 Å². The summed E-state index contributed by atoms with van der Waals surface area (Å²) in [7, 11) is -2.67. The fraction of sp³-hybridized carbons (Fsp3) is 0.250. The van der Waals surface area contributed by atoms with Gasteiger partial charge in [-0.15, -0.1) is 0 Å². The highest BCUT2D eigenvalue weighted by Crippen LogP contribution is 2.15. The predicted molar refractivity (Wildman–Crippen MR) is 57.2 cm³/mol. The van der Waals surface area contributed by atoms with Gasteiger partial charge in [0.1, 0.15) is 0 Å². The van der Waals surface area contributed by atoms with Crippen molar-refractivity contribution in [2.45, 2.75) is 4.90 Å². The van der Waals surface area contributed by atoms with Crippen LogP contribution in [0.5, 0.6) is 0 Å². The highest BCUT2D eigenvalue weighted by Gasteiger charge is 2.07. The van der Waals surface area contributed by atoms with Gasteiger partial charge in [0.05, 0.1) is 9.73 Å². The Labute approximate surface area is 86.4 Å². The van der Waals surface area contributed by atoms with Crippen LogP contribution in [0, 0.1) is 4.78 Å². The second-order valence-electron chi connectivity index (χ2n) is 2.62. The van der Waals surface area contributed by atoms with E-state index in [1.54, 1.807) is 24.3 Å². The zero-order valence-corrected chi connectivity index (χ0v) is 9.40. The van der Waals surface area contributed by atoms with Crippen molar-refractivity contribution in [2.24, 2.45) is 5.73 Å². The largest absolute Gasteiger partial charge is 0.330 e. The van der Waals surface area contributed by atoms with Gasteiger partial charge in [-0.2, -0.15) is 0 Å². The molecule has 5 heteroatoms. The van der Waals surface area contributed by atoms with Crippen LogP contribution in [0.15, 0.2) is 33.6 Å². The quantitative estimate of drug-likeness (QED) is 0.873. The molecule has 0 spiro atoms. The van der Waals surface area contributed by atoms with E-state index in [4.69, 9.17) is 10.5 Å². The molecule has 0 bridgehead atoms. The number of benzene rings is 1. The van der Waals surface area contributed by atoms with Crippen molar-refractivity contribution in [1.29, 1.82) is 4.78 Å². The molecule has 0 aliphatic rings. The lowest BCUT2D eigenvalue weighted by Gasteiger charge is -2.05. The van der Waals surface area contributed by atoms with Gasteiger partial charge in [0, 0.05) is 21.7 Å². The Morgan fingerprint density at radius 1 is 1.38 bits per heavy atom. The minimum absolute atomic E-state index is 0.217. The second kappa shape index (κ2) is 4.21. The number of nitrogens with one attached hydrogen (secondary N) is 1. The molecule has 0 saturated heterocycles. The van der Waals surface area contributed by atoms with E-state index in [9.17, 15) is 4.21 Å². The Bertz CT molecular complexity index is 372. The molecule has 0 aliphatic carbocycles. The fourth-order valence-corrected chi connectivity index (χ4v) is 2.35. The van der Waals surface area contributed by atoms with Gasteiger partial charge in [0.15, 0.2) is 0 Å². The summed E-state index contributed by atoms with van der Waals surface area (Å²) >= 11 is 3.27. The molecule has 0 aliphatic heterocycles. The molecule has 72 valence electrons. The van der Waals surface area contributed by atoms with Gasteiger partial charge in [0.2, 0.25) is 0 Å². The summed E-state index contributed by atoms with van der Waals surface area (Å²) in [5, 5.41) is 0. The molecule has 0 aromatic heterocycles. The molecule has 1 aromatic rings. The molecule has 1 unspecified atom stereocenters. The van der Waals surface area contributed by atoms with E-state index in [2.05, 4.69) is 15.9 Å². The van der Waals surface area contributed by atoms with Crippen LogP contribution in [0.4, 0.5) is 0 Å². The van der Waals surface area contributed by atoms with Gasteiger partial charge in [-0.3, -0.25) is 0 Å². The molecule has 0 amide bonds. The maximum atomic E-state index is 11.7. The van der Waals surface area contributed by atoms with Crippen molar-refractivity contribution < 1.29 is 4.21 Å². The van der Waals surface area contributed by atoms with Crippen molar-refractivity contribution in [1.82, 2.24) is 0 Å². The van der Waals surface area contributed by atoms with Crippen molar-refractivity contribution in [3.05, 3.63) is 28.7 Å². The Hall–Kier alpha value is -0.390. The van der Waals surface area contributed by atoms with Gasteiger partial charge in [-0.1, -0.05) is 15.9 Å². The Morgan fingerprint density at radius 2 is 1.92 bits per heavy atom. The zero-order valence-electron chi connectivity index (χ0n) is 7.00. The molecule has 1 aromatic carbocycles. The third-order valence-corrected chi connectivity index (χ3v) is 3.97. The molecule has 0 saturated carbocycles. The van der Waals surface area contributed by atoms with Crippen LogP contribution in [0.3, 0.4) is 0 Å². The lowest BCUT2D eigenvalue weighted by atomic mass is 10.4. The summed E-state index contributed by atoms with van der Waals surface area (Å²) in [5.74, 6) is 0.217. The Kier molecular flexibility index (Phi) is 3.47. The third-order valence-electron chi connectivity index (χ3n) is 1.60. The lowest BCUT2D eigenvalue weighted by molar-refractivity contribution is 0.674. The Balaban J connectivity index is 3.02. The van der Waals surface area contributed by atoms with Crippen LogP contribution in [0.25, 0.3) is 0 Å². The fourth-order valence-electron chi connectivity index (χ4n) is 0.938. The van der Waals surface area contributed by atoms with E-state index in [0.717, 1.165) is 4.47 Å². The predicted octanol–water partition coefficient (Wildman–Crippen LogP) is 1.81. The van der Waals surface area contributed by atoms with Gasteiger partial charge >= 0.3 is 0 Å². The smallest absolute Gasteiger partial charge is 0.0738 e. The van der Waals surface area contributed by atoms with E-state index < -0.39 is 9.73 Å². The number of halogens is 1. The van der Waals surface area contributed by atoms with Crippen LogP contribution in [-0.4, -0.2) is 16.5 Å². The highest BCUT2D eigenvalue weighted by molar-refractivity contribution is 9.10. The van der Waals surface area contributed by atoms with E-state index >= 15 is 0 Å². The topological polar surface area (TPSA) is 66.9 Å². The Morgan fingerprint density at radius 3 is 2.38 bits per heavy atom. The molecule has 0 radical (unpaired) electrons. The maximum absolute atomic E-state index is 11.7.